The number of carbonyl (C=O) groups is 1. The molecule has 1 aliphatic carbocycles. The van der Waals surface area contributed by atoms with E-state index in [4.69, 9.17) is 0 Å². The molecular weight excluding hydrogens is 402 g/mol. The van der Waals surface area contributed by atoms with E-state index in [0.717, 1.165) is 50.9 Å². The van der Waals surface area contributed by atoms with Crippen molar-refractivity contribution >= 4 is 5.91 Å². The minimum Gasteiger partial charge on any atom is -0.393 e. The monoisotopic (exact) mass is 437 g/mol. The van der Waals surface area contributed by atoms with Gasteiger partial charge in [-0.25, -0.2) is 0 Å². The van der Waals surface area contributed by atoms with Crippen LogP contribution in [0.25, 0.3) is 0 Å². The summed E-state index contributed by atoms with van der Waals surface area (Å²) in [4.78, 5) is 19.5. The fraction of sp³-hybridized carbons (Fsp3) is 0.538. The lowest BCUT2D eigenvalue weighted by Crippen LogP contribution is -2.48. The highest BCUT2D eigenvalue weighted by Gasteiger charge is 2.40. The van der Waals surface area contributed by atoms with Gasteiger partial charge in [0, 0.05) is 43.0 Å². The molecule has 3 atom stereocenters. The van der Waals surface area contributed by atoms with Crippen LogP contribution in [0.3, 0.4) is 0 Å². The van der Waals surface area contributed by atoms with Gasteiger partial charge >= 0.3 is 0 Å². The Balaban J connectivity index is 1.53. The van der Waals surface area contributed by atoms with E-state index < -0.39 is 6.10 Å². The van der Waals surface area contributed by atoms with Gasteiger partial charge in [0.05, 0.1) is 17.8 Å². The quantitative estimate of drug-likeness (QED) is 0.627. The van der Waals surface area contributed by atoms with Crippen LogP contribution in [-0.2, 0) is 5.41 Å². The normalized spacial score (nSPS) is 27.6. The number of piperidine rings is 1. The Morgan fingerprint density at radius 3 is 2.50 bits per heavy atom. The Labute approximate surface area is 190 Å². The van der Waals surface area contributed by atoms with Crippen LogP contribution in [0.1, 0.15) is 60.1 Å². The number of rotatable bonds is 5. The summed E-state index contributed by atoms with van der Waals surface area (Å²) in [6.45, 7) is 4.04. The molecule has 2 aliphatic rings. The van der Waals surface area contributed by atoms with Crippen molar-refractivity contribution in [1.29, 1.82) is 0 Å². The highest BCUT2D eigenvalue weighted by Crippen LogP contribution is 2.39. The van der Waals surface area contributed by atoms with Gasteiger partial charge in [0.15, 0.2) is 0 Å². The standard InChI is InChI=1S/C26H35N3O3/c1-19-22(8-5-15-27-19)25(32)28-18-26(20-6-3-2-4-7-20)13-9-23(24(31)10-14-26)29-16-11-21(30)12-17-29/h2-8,15,21,23-24,30-31H,9-14,16-18H2,1H3,(H,28,32)/t23-,24-,26-/m0/s1. The second-order valence-corrected chi connectivity index (χ2v) is 9.44. The van der Waals surface area contributed by atoms with Crippen molar-refractivity contribution < 1.29 is 15.0 Å². The Morgan fingerprint density at radius 1 is 1.06 bits per heavy atom. The molecular formula is C26H35N3O3. The molecule has 0 radical (unpaired) electrons. The number of hydrogen-bond acceptors (Lipinski definition) is 5. The van der Waals surface area contributed by atoms with Crippen molar-refractivity contribution in [2.75, 3.05) is 19.6 Å². The second kappa shape index (κ2) is 10.1. The first-order valence-corrected chi connectivity index (χ1v) is 11.8. The molecule has 0 spiro atoms. The molecule has 2 fully saturated rings. The number of nitrogens with one attached hydrogen (secondary N) is 1. The molecule has 1 saturated carbocycles. The molecule has 3 N–H and O–H groups in total. The third-order valence-corrected chi connectivity index (χ3v) is 7.47. The lowest BCUT2D eigenvalue weighted by atomic mass is 9.74. The average Bonchev–Trinajstić information content (AvgIpc) is 2.99. The van der Waals surface area contributed by atoms with Crippen molar-refractivity contribution in [3.63, 3.8) is 0 Å². The maximum atomic E-state index is 12.9. The SMILES string of the molecule is Cc1ncccc1C(=O)NC[C@@]1(c2ccccc2)CC[C@H](O)[C@@H](N2CCC(O)CC2)CC1. The molecule has 1 aromatic heterocycles. The van der Waals surface area contributed by atoms with Crippen LogP contribution < -0.4 is 5.32 Å². The van der Waals surface area contributed by atoms with E-state index >= 15 is 0 Å². The smallest absolute Gasteiger partial charge is 0.253 e. The van der Waals surface area contributed by atoms with E-state index in [9.17, 15) is 15.0 Å². The number of benzene rings is 1. The molecule has 1 aliphatic heterocycles. The van der Waals surface area contributed by atoms with Gasteiger partial charge in [-0.2, -0.15) is 0 Å². The van der Waals surface area contributed by atoms with Gasteiger partial charge in [-0.3, -0.25) is 14.7 Å². The molecule has 2 aromatic rings. The summed E-state index contributed by atoms with van der Waals surface area (Å²) in [6.07, 6.45) is 5.90. The third-order valence-electron chi connectivity index (χ3n) is 7.47. The number of aryl methyl sites for hydroxylation is 1. The van der Waals surface area contributed by atoms with Crippen molar-refractivity contribution in [2.24, 2.45) is 0 Å². The topological polar surface area (TPSA) is 85.7 Å². The van der Waals surface area contributed by atoms with E-state index in [1.165, 1.54) is 5.56 Å². The van der Waals surface area contributed by atoms with E-state index in [1.807, 2.05) is 19.1 Å². The van der Waals surface area contributed by atoms with Crippen molar-refractivity contribution in [3.05, 3.63) is 65.5 Å². The Bertz CT molecular complexity index is 898. The molecule has 32 heavy (non-hydrogen) atoms. The summed E-state index contributed by atoms with van der Waals surface area (Å²) in [7, 11) is 0. The largest absolute Gasteiger partial charge is 0.393 e. The highest BCUT2D eigenvalue weighted by molar-refractivity contribution is 5.95. The predicted octanol–water partition coefficient (Wildman–Crippen LogP) is 2.82. The Morgan fingerprint density at radius 2 is 1.78 bits per heavy atom. The number of likely N-dealkylation sites (tertiary alicyclic amines) is 1. The van der Waals surface area contributed by atoms with Gasteiger partial charge in [0.25, 0.3) is 5.91 Å². The minimum absolute atomic E-state index is 0.0998. The lowest BCUT2D eigenvalue weighted by molar-refractivity contribution is 0.00482. The van der Waals surface area contributed by atoms with E-state index in [0.29, 0.717) is 18.5 Å². The number of pyridine rings is 1. The van der Waals surface area contributed by atoms with Crippen LogP contribution in [0.15, 0.2) is 48.7 Å². The van der Waals surface area contributed by atoms with Crippen LogP contribution in [0.5, 0.6) is 0 Å². The van der Waals surface area contributed by atoms with Gasteiger partial charge in [-0.15, -0.1) is 0 Å². The average molecular weight is 438 g/mol. The molecule has 6 nitrogen and oxygen atoms in total. The van der Waals surface area contributed by atoms with Crippen LogP contribution in [0.4, 0.5) is 0 Å². The van der Waals surface area contributed by atoms with Gasteiger partial charge in [-0.1, -0.05) is 30.3 Å². The minimum atomic E-state index is -0.396. The zero-order chi connectivity index (χ0) is 22.6. The molecule has 1 aromatic carbocycles. The summed E-state index contributed by atoms with van der Waals surface area (Å²) in [5.74, 6) is -0.0998. The zero-order valence-corrected chi connectivity index (χ0v) is 18.9. The van der Waals surface area contributed by atoms with E-state index in [1.54, 1.807) is 12.3 Å². The van der Waals surface area contributed by atoms with Crippen molar-refractivity contribution in [2.45, 2.75) is 69.1 Å². The van der Waals surface area contributed by atoms with Crippen LogP contribution in [0.2, 0.25) is 0 Å². The first kappa shape index (κ1) is 22.9. The molecule has 0 bridgehead atoms. The summed E-state index contributed by atoms with van der Waals surface area (Å²) in [5, 5.41) is 24.1. The fourth-order valence-electron chi connectivity index (χ4n) is 5.43. The summed E-state index contributed by atoms with van der Waals surface area (Å²) < 4.78 is 0. The number of hydrogen-bond donors (Lipinski definition) is 3. The van der Waals surface area contributed by atoms with Crippen LogP contribution in [0, 0.1) is 6.92 Å². The third kappa shape index (κ3) is 5.03. The zero-order valence-electron chi connectivity index (χ0n) is 18.9. The highest BCUT2D eigenvalue weighted by atomic mass is 16.3. The Hall–Kier alpha value is -2.28. The van der Waals surface area contributed by atoms with Gasteiger partial charge in [0.2, 0.25) is 0 Å². The first-order chi connectivity index (χ1) is 15.5. The number of aromatic nitrogens is 1. The maximum Gasteiger partial charge on any atom is 0.253 e. The Kier molecular flexibility index (Phi) is 7.23. The van der Waals surface area contributed by atoms with Crippen LogP contribution >= 0.6 is 0 Å². The molecule has 1 amide bonds. The number of aliphatic hydroxyl groups excluding tert-OH is 2. The van der Waals surface area contributed by atoms with Gasteiger partial charge in [-0.05, 0) is 63.1 Å². The van der Waals surface area contributed by atoms with E-state index in [-0.39, 0.29) is 23.5 Å². The number of carbonyl (C=O) groups excluding carboxylic acids is 1. The molecule has 6 heteroatoms. The number of aliphatic hydroxyl groups is 2. The second-order valence-electron chi connectivity index (χ2n) is 9.44. The van der Waals surface area contributed by atoms with Gasteiger partial charge in [0.1, 0.15) is 0 Å². The van der Waals surface area contributed by atoms with Crippen molar-refractivity contribution in [1.82, 2.24) is 15.2 Å². The van der Waals surface area contributed by atoms with Crippen LogP contribution in [-0.4, -0.2) is 63.9 Å². The fourth-order valence-corrected chi connectivity index (χ4v) is 5.43. The summed E-state index contributed by atoms with van der Waals surface area (Å²) in [6, 6.07) is 14.1. The molecule has 0 unspecified atom stereocenters. The molecule has 4 rings (SSSR count). The summed E-state index contributed by atoms with van der Waals surface area (Å²) in [5.41, 5.74) is 2.32. The molecule has 2 heterocycles. The van der Waals surface area contributed by atoms with E-state index in [2.05, 4.69) is 39.5 Å². The maximum absolute atomic E-state index is 12.9. The molecule has 1 saturated heterocycles. The van der Waals surface area contributed by atoms with Gasteiger partial charge < -0.3 is 15.5 Å². The molecule has 172 valence electrons. The lowest BCUT2D eigenvalue weighted by Gasteiger charge is -2.38. The number of nitrogens with zero attached hydrogens (tertiary/aromatic N) is 2. The predicted molar refractivity (Wildman–Crippen MR) is 125 cm³/mol. The summed E-state index contributed by atoms with van der Waals surface area (Å²) >= 11 is 0. The van der Waals surface area contributed by atoms with Crippen molar-refractivity contribution in [3.8, 4) is 0 Å². The first-order valence-electron chi connectivity index (χ1n) is 11.8. The number of amides is 1.